The van der Waals surface area contributed by atoms with Crippen LogP contribution in [0, 0.1) is 5.92 Å². The molecule has 1 aromatic rings. The summed E-state index contributed by atoms with van der Waals surface area (Å²) < 4.78 is 0.931. The number of nitrogens with one attached hydrogen (secondary N) is 1. The van der Waals surface area contributed by atoms with E-state index in [2.05, 4.69) is 26.1 Å². The Morgan fingerprint density at radius 3 is 3.18 bits per heavy atom. The molecule has 3 nitrogen and oxygen atoms in total. The van der Waals surface area contributed by atoms with Crippen LogP contribution in [0.4, 0.5) is 0 Å². The predicted octanol–water partition coefficient (Wildman–Crippen LogP) is 2.33. The Morgan fingerprint density at radius 1 is 1.53 bits per heavy atom. The summed E-state index contributed by atoms with van der Waals surface area (Å²) in [6.07, 6.45) is 2.39. The highest BCUT2D eigenvalue weighted by atomic mass is 79.9. The van der Waals surface area contributed by atoms with Gasteiger partial charge in [-0.25, -0.2) is 0 Å². The van der Waals surface area contributed by atoms with E-state index in [0.717, 1.165) is 35.4 Å². The van der Waals surface area contributed by atoms with Crippen molar-refractivity contribution in [1.29, 1.82) is 0 Å². The summed E-state index contributed by atoms with van der Waals surface area (Å²) >= 11 is 4.98. The summed E-state index contributed by atoms with van der Waals surface area (Å²) in [5.74, 6) is 0.858. The highest BCUT2D eigenvalue weighted by Gasteiger charge is 2.38. The molecule has 0 bridgehead atoms. The van der Waals surface area contributed by atoms with Crippen LogP contribution in [0.15, 0.2) is 15.9 Å². The number of likely N-dealkylation sites (tertiary alicyclic amines) is 1. The van der Waals surface area contributed by atoms with Crippen LogP contribution in [-0.2, 0) is 0 Å². The van der Waals surface area contributed by atoms with E-state index in [1.54, 1.807) is 0 Å². The average molecular weight is 315 g/mol. The van der Waals surface area contributed by atoms with Crippen LogP contribution in [0.25, 0.3) is 0 Å². The monoisotopic (exact) mass is 314 g/mol. The zero-order valence-corrected chi connectivity index (χ0v) is 11.9. The largest absolute Gasteiger partial charge is 0.333 e. The molecule has 17 heavy (non-hydrogen) atoms. The van der Waals surface area contributed by atoms with Gasteiger partial charge < -0.3 is 10.2 Å². The minimum Gasteiger partial charge on any atom is -0.333 e. The van der Waals surface area contributed by atoms with Crippen LogP contribution in [0.3, 0.4) is 0 Å². The fraction of sp³-hybridized carbons (Fsp3) is 0.583. The van der Waals surface area contributed by atoms with Crippen molar-refractivity contribution in [2.24, 2.45) is 5.92 Å². The molecule has 2 atom stereocenters. The highest BCUT2D eigenvalue weighted by molar-refractivity contribution is 9.10. The van der Waals surface area contributed by atoms with Crippen molar-refractivity contribution < 1.29 is 4.79 Å². The van der Waals surface area contributed by atoms with Gasteiger partial charge in [-0.1, -0.05) is 0 Å². The molecule has 0 radical (unpaired) electrons. The van der Waals surface area contributed by atoms with Crippen molar-refractivity contribution in [3.8, 4) is 0 Å². The first-order valence-electron chi connectivity index (χ1n) is 6.02. The molecule has 3 rings (SSSR count). The van der Waals surface area contributed by atoms with Gasteiger partial charge in [0.15, 0.2) is 0 Å². The molecule has 2 fully saturated rings. The van der Waals surface area contributed by atoms with Gasteiger partial charge in [-0.05, 0) is 46.1 Å². The maximum Gasteiger partial charge on any atom is 0.265 e. The summed E-state index contributed by atoms with van der Waals surface area (Å²) in [7, 11) is 0. The third-order valence-corrected chi connectivity index (χ3v) is 5.58. The van der Waals surface area contributed by atoms with Gasteiger partial charge >= 0.3 is 0 Å². The first kappa shape index (κ1) is 11.7. The van der Waals surface area contributed by atoms with Crippen molar-refractivity contribution in [3.63, 3.8) is 0 Å². The number of hydrogen-bond acceptors (Lipinski definition) is 3. The number of carbonyl (C=O) groups excluding carboxylic acids is 1. The molecule has 1 N–H and O–H groups in total. The number of thiophene rings is 1. The summed E-state index contributed by atoms with van der Waals surface area (Å²) in [5.41, 5.74) is 0. The van der Waals surface area contributed by atoms with Gasteiger partial charge in [-0.2, -0.15) is 0 Å². The molecule has 3 heterocycles. The van der Waals surface area contributed by atoms with Crippen molar-refractivity contribution in [3.05, 3.63) is 20.8 Å². The molecule has 0 spiro atoms. The number of piperidine rings is 1. The zero-order chi connectivity index (χ0) is 11.8. The Bertz CT molecular complexity index is 434. The summed E-state index contributed by atoms with van der Waals surface area (Å²) in [4.78, 5) is 15.4. The Kier molecular flexibility index (Phi) is 3.23. The second-order valence-electron chi connectivity index (χ2n) is 4.72. The van der Waals surface area contributed by atoms with Gasteiger partial charge in [0, 0.05) is 30.1 Å². The van der Waals surface area contributed by atoms with E-state index < -0.39 is 0 Å². The Balaban J connectivity index is 1.83. The highest BCUT2D eigenvalue weighted by Crippen LogP contribution is 2.31. The van der Waals surface area contributed by atoms with E-state index in [0.29, 0.717) is 12.0 Å². The predicted molar refractivity (Wildman–Crippen MR) is 72.4 cm³/mol. The fourth-order valence-corrected chi connectivity index (χ4v) is 4.39. The lowest BCUT2D eigenvalue weighted by atomic mass is 9.92. The normalized spacial score (nSPS) is 28.2. The topological polar surface area (TPSA) is 32.3 Å². The minimum absolute atomic E-state index is 0.199. The molecule has 5 heteroatoms. The second-order valence-corrected chi connectivity index (χ2v) is 6.49. The molecule has 2 unspecified atom stereocenters. The second kappa shape index (κ2) is 4.71. The number of carbonyl (C=O) groups is 1. The van der Waals surface area contributed by atoms with Crippen LogP contribution in [0.2, 0.25) is 0 Å². The Morgan fingerprint density at radius 2 is 2.41 bits per heavy atom. The number of halogens is 1. The van der Waals surface area contributed by atoms with Crippen LogP contribution in [0.1, 0.15) is 22.5 Å². The Labute approximate surface area is 113 Å². The maximum atomic E-state index is 12.5. The van der Waals surface area contributed by atoms with Gasteiger partial charge in [-0.3, -0.25) is 4.79 Å². The number of fused-ring (bicyclic) bond motifs is 1. The lowest BCUT2D eigenvalue weighted by Gasteiger charge is -2.36. The van der Waals surface area contributed by atoms with Gasteiger partial charge in [0.2, 0.25) is 0 Å². The third kappa shape index (κ3) is 2.04. The number of nitrogens with zero attached hydrogens (tertiary/aromatic N) is 1. The van der Waals surface area contributed by atoms with Crippen LogP contribution in [0.5, 0.6) is 0 Å². The first-order valence-corrected chi connectivity index (χ1v) is 7.69. The van der Waals surface area contributed by atoms with Gasteiger partial charge in [0.1, 0.15) is 4.88 Å². The standard InChI is InChI=1S/C12H15BrN2OS/c13-9-3-5-17-11(9)12(16)15-4-1-2-8-6-14-7-10(8)15/h3,5,8,10,14H,1-2,4,6-7H2. The third-order valence-electron chi connectivity index (χ3n) is 3.75. The summed E-state index contributed by atoms with van der Waals surface area (Å²) in [5, 5.41) is 5.37. The lowest BCUT2D eigenvalue weighted by Crippen LogP contribution is -2.48. The summed E-state index contributed by atoms with van der Waals surface area (Å²) in [6, 6.07) is 2.36. The molecule has 0 aromatic carbocycles. The Hall–Kier alpha value is -0.390. The zero-order valence-electron chi connectivity index (χ0n) is 9.49. The summed E-state index contributed by atoms with van der Waals surface area (Å²) in [6.45, 7) is 2.94. The molecular formula is C12H15BrN2OS. The smallest absolute Gasteiger partial charge is 0.265 e. The molecule has 2 aliphatic heterocycles. The molecule has 1 aromatic heterocycles. The first-order chi connectivity index (χ1) is 8.27. The fourth-order valence-electron chi connectivity index (χ4n) is 2.90. The minimum atomic E-state index is 0.199. The van der Waals surface area contributed by atoms with Gasteiger partial charge in [0.25, 0.3) is 5.91 Å². The lowest BCUT2D eigenvalue weighted by molar-refractivity contribution is 0.0579. The van der Waals surface area contributed by atoms with Gasteiger partial charge in [-0.15, -0.1) is 11.3 Å². The number of amides is 1. The van der Waals surface area contributed by atoms with Crippen molar-refractivity contribution in [1.82, 2.24) is 10.2 Å². The van der Waals surface area contributed by atoms with E-state index in [4.69, 9.17) is 0 Å². The molecular weight excluding hydrogens is 300 g/mol. The van der Waals surface area contributed by atoms with E-state index >= 15 is 0 Å². The molecule has 0 aliphatic carbocycles. The van der Waals surface area contributed by atoms with Crippen molar-refractivity contribution in [2.75, 3.05) is 19.6 Å². The average Bonchev–Trinajstić information content (AvgIpc) is 2.95. The SMILES string of the molecule is O=C(c1sccc1Br)N1CCCC2CNCC21. The molecule has 1 amide bonds. The van der Waals surface area contributed by atoms with Crippen molar-refractivity contribution in [2.45, 2.75) is 18.9 Å². The maximum absolute atomic E-state index is 12.5. The van der Waals surface area contributed by atoms with Crippen molar-refractivity contribution >= 4 is 33.2 Å². The molecule has 2 saturated heterocycles. The van der Waals surface area contributed by atoms with Gasteiger partial charge in [0.05, 0.1) is 0 Å². The van der Waals surface area contributed by atoms with E-state index in [1.165, 1.54) is 17.8 Å². The molecule has 2 aliphatic rings. The number of rotatable bonds is 1. The number of hydrogen-bond donors (Lipinski definition) is 1. The molecule has 0 saturated carbocycles. The van der Waals surface area contributed by atoms with E-state index in [9.17, 15) is 4.79 Å². The van der Waals surface area contributed by atoms with Crippen LogP contribution in [-0.4, -0.2) is 36.5 Å². The van der Waals surface area contributed by atoms with Crippen LogP contribution < -0.4 is 5.32 Å². The van der Waals surface area contributed by atoms with Crippen LogP contribution >= 0.6 is 27.3 Å². The molecule has 92 valence electrons. The van der Waals surface area contributed by atoms with E-state index in [1.807, 2.05) is 11.4 Å². The quantitative estimate of drug-likeness (QED) is 0.863. The van der Waals surface area contributed by atoms with E-state index in [-0.39, 0.29) is 5.91 Å².